The van der Waals surface area contributed by atoms with Crippen LogP contribution in [0.2, 0.25) is 15.1 Å². The van der Waals surface area contributed by atoms with E-state index in [1.807, 2.05) is 35.7 Å². The lowest BCUT2D eigenvalue weighted by atomic mass is 9.81. The van der Waals surface area contributed by atoms with Crippen molar-refractivity contribution in [2.45, 2.75) is 163 Å². The highest BCUT2D eigenvalue weighted by Gasteiger charge is 2.57. The second kappa shape index (κ2) is 39.1. The number of alkyl carbamates (subject to hydrolysis) is 1. The monoisotopic (exact) mass is 2010 g/mol. The molecule has 8 atom stereocenters. The fraction of sp³-hybridized carbons (Fsp3) is 0.411. The molecular formula is C90H91Cl3F5N15O15S6. The number of esters is 4. The second-order valence-electron chi connectivity index (χ2n) is 33.4. The van der Waals surface area contributed by atoms with Crippen LogP contribution in [0.4, 0.5) is 26.7 Å². The molecule has 1 spiro atoms. The van der Waals surface area contributed by atoms with Gasteiger partial charge in [0.05, 0.1) is 72.4 Å². The Morgan fingerprint density at radius 1 is 0.470 bits per heavy atom. The van der Waals surface area contributed by atoms with E-state index in [2.05, 4.69) is 34.7 Å². The summed E-state index contributed by atoms with van der Waals surface area (Å²) in [7, 11) is -5.65. The maximum absolute atomic E-state index is 14.8. The topological polar surface area (TPSA) is 370 Å². The molecule has 708 valence electrons. The van der Waals surface area contributed by atoms with Gasteiger partial charge in [0.2, 0.25) is 20.0 Å². The number of allylic oxidation sites excluding steroid dienone is 1. The normalized spacial score (nSPS) is 23.8. The van der Waals surface area contributed by atoms with Crippen LogP contribution in [0.3, 0.4) is 0 Å². The summed E-state index contributed by atoms with van der Waals surface area (Å²) in [5, 5.41) is 22.1. The molecule has 44 heteroatoms. The van der Waals surface area contributed by atoms with Crippen molar-refractivity contribution in [2.75, 3.05) is 66.3 Å². The smallest absolute Gasteiger partial charge is 0.407 e. The molecule has 2 saturated carbocycles. The van der Waals surface area contributed by atoms with Crippen LogP contribution in [0, 0.1) is 35.0 Å². The number of carbonyl (C=O) groups excluding carboxylic acids is 5. The van der Waals surface area contributed by atoms with E-state index in [1.54, 1.807) is 84.7 Å². The van der Waals surface area contributed by atoms with Crippen LogP contribution < -0.4 is 14.8 Å². The Kier molecular flexibility index (Phi) is 28.2. The van der Waals surface area contributed by atoms with Crippen molar-refractivity contribution >= 4 is 154 Å². The van der Waals surface area contributed by atoms with Crippen molar-refractivity contribution in [1.82, 2.24) is 54.3 Å². The average molecular weight is 2020 g/mol. The summed E-state index contributed by atoms with van der Waals surface area (Å²) in [6.07, 6.45) is 10.4. The van der Waals surface area contributed by atoms with Crippen LogP contribution in [-0.2, 0) is 91.5 Å². The molecule has 4 aromatic carbocycles. The zero-order valence-electron chi connectivity index (χ0n) is 73.4. The Morgan fingerprint density at radius 2 is 0.806 bits per heavy atom. The van der Waals surface area contributed by atoms with Crippen molar-refractivity contribution < 1.29 is 91.6 Å². The lowest BCUT2D eigenvalue weighted by Crippen LogP contribution is -2.44. The number of aliphatic hydroxyl groups is 1. The van der Waals surface area contributed by atoms with Gasteiger partial charge in [-0.2, -0.15) is 0 Å². The number of ether oxygens (including phenoxy) is 5. The minimum absolute atomic E-state index is 0.0186. The Bertz CT molecular complexity index is 6480. The van der Waals surface area contributed by atoms with Crippen LogP contribution in [0.5, 0.6) is 0 Å². The Balaban J connectivity index is 0.000000130. The Labute approximate surface area is 799 Å². The average Bonchev–Trinajstić information content (AvgIpc) is 1.52. The van der Waals surface area contributed by atoms with Gasteiger partial charge in [-0.05, 0) is 147 Å². The van der Waals surface area contributed by atoms with Gasteiger partial charge in [-0.1, -0.05) is 59.1 Å². The molecule has 8 aliphatic heterocycles. The van der Waals surface area contributed by atoms with Gasteiger partial charge >= 0.3 is 30.0 Å². The number of carbonyl (C=O) groups is 5. The third-order valence-electron chi connectivity index (χ3n) is 24.6. The number of thiazole rings is 4. The number of amidine groups is 4. The van der Waals surface area contributed by atoms with E-state index in [0.717, 1.165) is 11.8 Å². The zero-order valence-corrected chi connectivity index (χ0v) is 80.5. The summed E-state index contributed by atoms with van der Waals surface area (Å²) < 4.78 is 153. The zero-order chi connectivity index (χ0) is 95.4. The number of sulfonamides is 2. The molecule has 11 aliphatic rings. The summed E-state index contributed by atoms with van der Waals surface area (Å²) in [6, 6.07) is 13.3. The molecule has 8 aromatic rings. The molecule has 134 heavy (non-hydrogen) atoms. The van der Waals surface area contributed by atoms with E-state index in [0.29, 0.717) is 140 Å². The minimum atomic E-state index is -3.48. The standard InChI is InChI=1S/C24H24F2N4O4S2.C23H24ClFN4O4S2.C22H22ClFN4O4S.C21H21ClFN3O3S/c1-2-34-23(31)19-18-11-13(29-36(32,33)14-3-4-14)12-30(18)21(22-27-9-10-35-22)28-24(19)8-7-15-16(24)5-6-17(25)20(15)26;1-3-33-22(30)19-18-11-14(28-35(31,32)15-5-6-15)12-29(18)20(21-26-8-9-34-21)27-23(19,2)16-7-4-13(25)10-17(16)24;1-4-32-20(29)17-16-10-13(26-21(30)31-3)11-28(16)18(19-25-7-8-33-19)27-22(17,2)14-6-5-12(24)9-15(14)23;1-3-29-20(28)17-16-8-12(11-27)10-26(16)18(19-24-6-7-30-19)25-21(17,2)14-5-4-13(23)9-15(14)22/h5-6,9-10,13-14,29H,2-4,7-8,11-12H2,1H3;4,7-10,14-15,28H,3,5-6,11-12H2,1-2H3;5-9,13H,4,10-11H2,1-3H3,(H,26,30);4-7,9,12,27H,3,8,10-11H2,1-2H3/t13-,24?;14-,23-;13-,22-;12-,21-/m0000/s1. The van der Waals surface area contributed by atoms with Gasteiger partial charge in [0.1, 0.15) is 39.6 Å². The van der Waals surface area contributed by atoms with Gasteiger partial charge in [-0.15, -0.1) is 45.3 Å². The first-order valence-corrected chi connectivity index (χ1v) is 50.8. The highest BCUT2D eigenvalue weighted by atomic mass is 35.5. The van der Waals surface area contributed by atoms with Crippen LogP contribution in [0.15, 0.2) is 178 Å². The van der Waals surface area contributed by atoms with Gasteiger partial charge < -0.3 is 53.7 Å². The molecule has 19 rings (SSSR count). The van der Waals surface area contributed by atoms with Crippen molar-refractivity contribution in [3.05, 3.63) is 250 Å². The molecule has 0 bridgehead atoms. The lowest BCUT2D eigenvalue weighted by molar-refractivity contribution is -0.140. The third kappa shape index (κ3) is 18.7. The molecule has 1 unspecified atom stereocenters. The van der Waals surface area contributed by atoms with E-state index in [9.17, 15) is 67.9 Å². The number of nitrogens with one attached hydrogen (secondary N) is 3. The number of hydrogen-bond donors (Lipinski definition) is 4. The van der Waals surface area contributed by atoms with Crippen molar-refractivity contribution in [3.8, 4) is 0 Å². The summed E-state index contributed by atoms with van der Waals surface area (Å²) >= 11 is 24.9. The second-order valence-corrected chi connectivity index (χ2v) is 42.1. The van der Waals surface area contributed by atoms with E-state index in [-0.39, 0.29) is 132 Å². The summed E-state index contributed by atoms with van der Waals surface area (Å²) in [4.78, 5) is 110. The predicted octanol–water partition coefficient (Wildman–Crippen LogP) is 14.2. The number of halogens is 8. The Hall–Kier alpha value is -10.3. The number of nitrogens with zero attached hydrogens (tertiary/aromatic N) is 12. The molecule has 4 aromatic heterocycles. The molecule has 0 radical (unpaired) electrons. The van der Waals surface area contributed by atoms with Gasteiger partial charge in [0, 0.05) is 171 Å². The van der Waals surface area contributed by atoms with Gasteiger partial charge in [0.15, 0.2) is 55.0 Å². The van der Waals surface area contributed by atoms with Crippen molar-refractivity contribution in [3.63, 3.8) is 0 Å². The van der Waals surface area contributed by atoms with E-state index in [1.165, 1.54) is 107 Å². The summed E-state index contributed by atoms with van der Waals surface area (Å²) in [6.45, 7) is 14.2. The van der Waals surface area contributed by atoms with Gasteiger partial charge in [0.25, 0.3) is 0 Å². The number of fused-ring (bicyclic) bond motifs is 6. The van der Waals surface area contributed by atoms with E-state index < -0.39 is 113 Å². The molecule has 4 N–H and O–H groups in total. The maximum atomic E-state index is 14.8. The highest BCUT2D eigenvalue weighted by Crippen LogP contribution is 2.55. The number of aliphatic imine (C=N–C) groups is 4. The first kappa shape index (κ1) is 96.8. The van der Waals surface area contributed by atoms with Crippen molar-refractivity contribution in [1.29, 1.82) is 0 Å². The molecule has 3 aliphatic carbocycles. The summed E-state index contributed by atoms with van der Waals surface area (Å²) in [5.74, 6) is -3.53. The SMILES string of the molecule is CCOC(=O)C1=C2C[C@H](CO)CN2C(c2nccs2)=N[C@@]1(C)c1ccc(F)cc1Cl.CCOC(=O)C1=C2C[C@H](NC(=O)OC)CN2C(c2nccs2)=N[C@@]1(C)c1ccc(F)cc1Cl.CCOC(=O)C1=C2C[C@H](NS(=O)(=O)C3CC3)CN2C(c2nccs2)=NC12CCc1c2ccc(F)c1F.CCOC(=O)C1=C2C[C@H](NS(=O)(=O)C3CC3)CN2C(c2nccs2)=N[C@@]1(C)c1ccc(F)cc1Cl. The number of rotatable bonds is 23. The first-order chi connectivity index (χ1) is 64.0. The molecule has 6 fully saturated rings. The van der Waals surface area contributed by atoms with Crippen LogP contribution >= 0.6 is 80.1 Å². The third-order valence-corrected chi connectivity index (χ3v) is 32.6. The first-order valence-electron chi connectivity index (χ1n) is 43.1. The molecule has 12 heterocycles. The van der Waals surface area contributed by atoms with E-state index in [4.69, 9.17) is 78.5 Å². The summed E-state index contributed by atoms with van der Waals surface area (Å²) in [5.41, 5.74) is 0.626. The van der Waals surface area contributed by atoms with E-state index >= 15 is 0 Å². The molecule has 30 nitrogen and oxygen atoms in total. The number of aliphatic hydroxyl groups excluding tert-OH is 1. The fourth-order valence-electron chi connectivity index (χ4n) is 18.5. The quantitative estimate of drug-likeness (QED) is 0.0262. The predicted molar refractivity (Wildman–Crippen MR) is 495 cm³/mol. The number of amides is 1. The Morgan fingerprint density at radius 3 is 1.15 bits per heavy atom. The minimum Gasteiger partial charge on any atom is -0.463 e. The molecular weight excluding hydrogens is 1920 g/mol. The van der Waals surface area contributed by atoms with Gasteiger partial charge in [-0.25, -0.2) is 112 Å². The number of benzene rings is 4. The number of aromatic nitrogens is 4. The maximum Gasteiger partial charge on any atom is 0.407 e. The fourth-order valence-corrected chi connectivity index (χ4v) is 25.3. The number of methoxy groups -OCH3 is 1. The van der Waals surface area contributed by atoms with Crippen LogP contribution in [-0.4, -0.2) is 210 Å². The molecule has 1 amide bonds. The van der Waals surface area contributed by atoms with Crippen molar-refractivity contribution in [2.24, 2.45) is 25.9 Å². The van der Waals surface area contributed by atoms with Crippen LogP contribution in [0.1, 0.15) is 154 Å². The lowest BCUT2D eigenvalue weighted by Gasteiger charge is -2.38. The molecule has 4 saturated heterocycles. The highest BCUT2D eigenvalue weighted by molar-refractivity contribution is 7.90. The number of hydrogen-bond acceptors (Lipinski definition) is 31. The van der Waals surface area contributed by atoms with Crippen LogP contribution in [0.25, 0.3) is 0 Å². The largest absolute Gasteiger partial charge is 0.463 e. The van der Waals surface area contributed by atoms with Gasteiger partial charge in [-0.3, -0.25) is 0 Å².